The SMILES string of the molecule is O=C1CC=[N+](P)CC1. The first-order valence-corrected chi connectivity index (χ1v) is 3.17. The Hall–Kier alpha value is -0.230. The van der Waals surface area contributed by atoms with E-state index < -0.39 is 0 Å². The van der Waals surface area contributed by atoms with Crippen LogP contribution >= 0.6 is 9.39 Å². The van der Waals surface area contributed by atoms with Gasteiger partial charge in [0.05, 0.1) is 12.8 Å². The molecule has 0 aromatic carbocycles. The zero-order valence-corrected chi connectivity index (χ0v) is 5.79. The van der Waals surface area contributed by atoms with Gasteiger partial charge in [-0.05, 0) is 0 Å². The van der Waals surface area contributed by atoms with E-state index in [1.54, 1.807) is 0 Å². The average molecular weight is 130 g/mol. The summed E-state index contributed by atoms with van der Waals surface area (Å²) in [6.07, 6.45) is 3.22. The largest absolute Gasteiger partial charge is 0.299 e. The topological polar surface area (TPSA) is 20.1 Å². The van der Waals surface area contributed by atoms with Gasteiger partial charge in [0.15, 0.2) is 9.39 Å². The van der Waals surface area contributed by atoms with Crippen LogP contribution < -0.4 is 0 Å². The molecule has 1 unspecified atom stereocenters. The van der Waals surface area contributed by atoms with E-state index in [0.29, 0.717) is 18.6 Å². The molecule has 1 aliphatic rings. The van der Waals surface area contributed by atoms with Gasteiger partial charge < -0.3 is 0 Å². The molecule has 1 aliphatic heterocycles. The Morgan fingerprint density at radius 2 is 2.50 bits per heavy atom. The molecule has 0 bridgehead atoms. The molecule has 0 N–H and O–H groups in total. The van der Waals surface area contributed by atoms with Gasteiger partial charge in [0.2, 0.25) is 0 Å². The second-order valence-corrected chi connectivity index (χ2v) is 2.58. The second kappa shape index (κ2) is 2.36. The summed E-state index contributed by atoms with van der Waals surface area (Å²) < 4.78 is 1.97. The summed E-state index contributed by atoms with van der Waals surface area (Å²) in [6, 6.07) is 0. The normalized spacial score (nSPS) is 20.6. The Morgan fingerprint density at radius 3 is 2.88 bits per heavy atom. The number of carbonyl (C=O) groups is 1. The van der Waals surface area contributed by atoms with Crippen LogP contribution in [0.5, 0.6) is 0 Å². The molecule has 0 aromatic rings. The first kappa shape index (κ1) is 5.90. The number of rotatable bonds is 0. The maximum Gasteiger partial charge on any atom is 0.151 e. The fraction of sp³-hybridized carbons (Fsp3) is 0.600. The first-order valence-electron chi connectivity index (χ1n) is 2.65. The van der Waals surface area contributed by atoms with E-state index in [0.717, 1.165) is 6.54 Å². The Kier molecular flexibility index (Phi) is 1.74. The lowest BCUT2D eigenvalue weighted by atomic mass is 10.2. The Morgan fingerprint density at radius 1 is 1.75 bits per heavy atom. The highest BCUT2D eigenvalue weighted by Gasteiger charge is 2.10. The molecule has 0 spiro atoms. The molecule has 1 rings (SSSR count). The minimum Gasteiger partial charge on any atom is -0.299 e. The van der Waals surface area contributed by atoms with Gasteiger partial charge >= 0.3 is 0 Å². The minimum absolute atomic E-state index is 0.351. The van der Waals surface area contributed by atoms with Crippen molar-refractivity contribution in [2.45, 2.75) is 12.8 Å². The lowest BCUT2D eigenvalue weighted by Gasteiger charge is -2.00. The van der Waals surface area contributed by atoms with Crippen molar-refractivity contribution in [3.05, 3.63) is 0 Å². The lowest BCUT2D eigenvalue weighted by molar-refractivity contribution is -0.350. The summed E-state index contributed by atoms with van der Waals surface area (Å²) in [5.41, 5.74) is 0. The van der Waals surface area contributed by atoms with E-state index >= 15 is 0 Å². The van der Waals surface area contributed by atoms with Crippen LogP contribution in [0.15, 0.2) is 0 Å². The van der Waals surface area contributed by atoms with Crippen LogP contribution in [-0.2, 0) is 4.79 Å². The van der Waals surface area contributed by atoms with Gasteiger partial charge in [-0.25, -0.2) is 4.35 Å². The lowest BCUT2D eigenvalue weighted by Crippen LogP contribution is -2.16. The van der Waals surface area contributed by atoms with Gasteiger partial charge in [-0.15, -0.1) is 0 Å². The van der Waals surface area contributed by atoms with Crippen molar-refractivity contribution in [1.82, 2.24) is 0 Å². The molecule has 0 aromatic heterocycles. The summed E-state index contributed by atoms with van der Waals surface area (Å²) in [5, 5.41) is 0. The van der Waals surface area contributed by atoms with Gasteiger partial charge in [-0.3, -0.25) is 4.79 Å². The van der Waals surface area contributed by atoms with Gasteiger partial charge in [0, 0.05) is 0 Å². The molecule has 0 amide bonds. The van der Waals surface area contributed by atoms with Gasteiger partial charge in [-0.1, -0.05) is 0 Å². The van der Waals surface area contributed by atoms with E-state index in [2.05, 4.69) is 9.39 Å². The van der Waals surface area contributed by atoms with Crippen LogP contribution in [0, 0.1) is 0 Å². The molecule has 3 heteroatoms. The van der Waals surface area contributed by atoms with E-state index in [9.17, 15) is 4.79 Å². The molecule has 0 fully saturated rings. The summed E-state index contributed by atoms with van der Waals surface area (Å²) in [7, 11) is 2.55. The van der Waals surface area contributed by atoms with Crippen molar-refractivity contribution >= 4 is 21.4 Å². The molecule has 0 saturated heterocycles. The Labute approximate surface area is 50.8 Å². The van der Waals surface area contributed by atoms with Crippen molar-refractivity contribution in [2.24, 2.45) is 0 Å². The highest BCUT2D eigenvalue weighted by atomic mass is 31.0. The number of nitrogens with zero attached hydrogens (tertiary/aromatic N) is 1. The third-order valence-corrected chi connectivity index (χ3v) is 1.67. The summed E-state index contributed by atoms with van der Waals surface area (Å²) in [5.74, 6) is 0.351. The number of carbonyl (C=O) groups excluding carboxylic acids is 1. The van der Waals surface area contributed by atoms with Gasteiger partial charge in [-0.2, -0.15) is 0 Å². The number of hydrogen-bond donors (Lipinski definition) is 0. The molecule has 44 valence electrons. The number of ketones is 1. The summed E-state index contributed by atoms with van der Waals surface area (Å²) >= 11 is 0. The van der Waals surface area contributed by atoms with Crippen molar-refractivity contribution in [2.75, 3.05) is 6.54 Å². The van der Waals surface area contributed by atoms with Crippen LogP contribution in [0.25, 0.3) is 0 Å². The molecule has 1 atom stereocenters. The molecule has 0 aliphatic carbocycles. The zero-order valence-electron chi connectivity index (χ0n) is 4.63. The molecule has 0 saturated carbocycles. The van der Waals surface area contributed by atoms with Crippen LogP contribution in [0.1, 0.15) is 12.8 Å². The second-order valence-electron chi connectivity index (χ2n) is 1.91. The highest BCUT2D eigenvalue weighted by molar-refractivity contribution is 7.08. The van der Waals surface area contributed by atoms with Crippen molar-refractivity contribution in [3.63, 3.8) is 0 Å². The standard InChI is InChI=1S/C5H9NOP/c7-5-1-3-6(8)4-2-5/h3H,1-2,4,8H2/q+1. The number of hydrogen-bond acceptors (Lipinski definition) is 1. The number of Topliss-reactive ketones (excluding diaryl/α,β-unsaturated/α-hetero) is 1. The van der Waals surface area contributed by atoms with Crippen LogP contribution in [0.4, 0.5) is 0 Å². The van der Waals surface area contributed by atoms with Crippen molar-refractivity contribution in [1.29, 1.82) is 0 Å². The quantitative estimate of drug-likeness (QED) is 0.429. The smallest absolute Gasteiger partial charge is 0.151 e. The van der Waals surface area contributed by atoms with Gasteiger partial charge in [0.25, 0.3) is 0 Å². The fourth-order valence-electron chi connectivity index (χ4n) is 0.666. The maximum absolute atomic E-state index is 10.5. The minimum atomic E-state index is 0.351. The van der Waals surface area contributed by atoms with E-state index in [1.807, 2.05) is 10.6 Å². The fourth-order valence-corrected chi connectivity index (χ4v) is 0.901. The summed E-state index contributed by atoms with van der Waals surface area (Å²) in [4.78, 5) is 10.5. The predicted molar refractivity (Wildman–Crippen MR) is 35.1 cm³/mol. The van der Waals surface area contributed by atoms with Crippen LogP contribution in [0.3, 0.4) is 0 Å². The third kappa shape index (κ3) is 1.38. The molecule has 2 nitrogen and oxygen atoms in total. The first-order chi connectivity index (χ1) is 3.79. The Balaban J connectivity index is 2.55. The van der Waals surface area contributed by atoms with Crippen LogP contribution in [0.2, 0.25) is 0 Å². The molecular formula is C5H9NOP+. The van der Waals surface area contributed by atoms with Gasteiger partial charge in [0.1, 0.15) is 18.5 Å². The molecular weight excluding hydrogens is 121 g/mol. The highest BCUT2D eigenvalue weighted by Crippen LogP contribution is 1.99. The Bertz CT molecular complexity index is 141. The van der Waals surface area contributed by atoms with E-state index in [-0.39, 0.29) is 0 Å². The van der Waals surface area contributed by atoms with Crippen LogP contribution in [-0.4, -0.2) is 22.9 Å². The monoisotopic (exact) mass is 130 g/mol. The van der Waals surface area contributed by atoms with Crippen molar-refractivity contribution < 1.29 is 9.14 Å². The predicted octanol–water partition coefficient (Wildman–Crippen LogP) is 0.223. The summed E-state index contributed by atoms with van der Waals surface area (Å²) in [6.45, 7) is 0.865. The van der Waals surface area contributed by atoms with E-state index in [1.165, 1.54) is 0 Å². The average Bonchev–Trinajstić information content (AvgIpc) is 1.77. The molecule has 0 radical (unpaired) electrons. The molecule has 8 heavy (non-hydrogen) atoms. The molecule has 1 heterocycles. The van der Waals surface area contributed by atoms with Crippen molar-refractivity contribution in [3.8, 4) is 0 Å². The zero-order chi connectivity index (χ0) is 5.98. The maximum atomic E-state index is 10.5. The van der Waals surface area contributed by atoms with E-state index in [4.69, 9.17) is 0 Å². The third-order valence-electron chi connectivity index (χ3n) is 1.20.